The Morgan fingerprint density at radius 2 is 1.67 bits per heavy atom. The Hall–Kier alpha value is -1.41. The molecule has 0 fully saturated rings. The third-order valence-electron chi connectivity index (χ3n) is 2.20. The third kappa shape index (κ3) is 2.34. The van der Waals surface area contributed by atoms with Gasteiger partial charge in [-0.15, -0.1) is 0 Å². The zero-order chi connectivity index (χ0) is 10.7. The summed E-state index contributed by atoms with van der Waals surface area (Å²) in [5.74, 6) is 0. The molecule has 74 valence electrons. The quantitative estimate of drug-likeness (QED) is 0.748. The molecule has 1 nitrogen and oxygen atoms in total. The Labute approximate surface area is 96.9 Å². The van der Waals surface area contributed by atoms with Gasteiger partial charge in [-0.2, -0.15) is 0 Å². The molecular weight excluding hydrogens is 252 g/mol. The van der Waals surface area contributed by atoms with Gasteiger partial charge < -0.3 is 0 Å². The van der Waals surface area contributed by atoms with E-state index in [2.05, 4.69) is 15.9 Å². The molecule has 0 aromatic heterocycles. The van der Waals surface area contributed by atoms with Crippen molar-refractivity contribution in [2.24, 2.45) is 0 Å². The van der Waals surface area contributed by atoms with Crippen LogP contribution in [0.25, 0.3) is 11.1 Å². The smallest absolute Gasteiger partial charge is 0.150 e. The van der Waals surface area contributed by atoms with Gasteiger partial charge in [0.2, 0.25) is 0 Å². The van der Waals surface area contributed by atoms with Gasteiger partial charge in [0.05, 0.1) is 0 Å². The molecule has 0 radical (unpaired) electrons. The zero-order valence-electron chi connectivity index (χ0n) is 7.98. The Bertz CT molecular complexity index is 474. The van der Waals surface area contributed by atoms with Crippen molar-refractivity contribution in [3.05, 3.63) is 58.6 Å². The molecular formula is C13H9BrO. The molecule has 2 aromatic rings. The van der Waals surface area contributed by atoms with Crippen molar-refractivity contribution in [1.29, 1.82) is 0 Å². The molecule has 2 aromatic carbocycles. The van der Waals surface area contributed by atoms with E-state index in [9.17, 15) is 4.79 Å². The number of hydrogen-bond donors (Lipinski definition) is 0. The van der Waals surface area contributed by atoms with E-state index in [0.717, 1.165) is 21.9 Å². The van der Waals surface area contributed by atoms with Crippen LogP contribution in [0.3, 0.4) is 0 Å². The lowest BCUT2D eigenvalue weighted by Gasteiger charge is -2.02. The van der Waals surface area contributed by atoms with Gasteiger partial charge in [0.15, 0.2) is 0 Å². The molecule has 0 spiro atoms. The number of benzene rings is 2. The van der Waals surface area contributed by atoms with Crippen molar-refractivity contribution in [3.8, 4) is 11.1 Å². The maximum absolute atomic E-state index is 10.6. The maximum Gasteiger partial charge on any atom is 0.150 e. The first-order chi connectivity index (χ1) is 7.29. The first-order valence-electron chi connectivity index (χ1n) is 4.61. The Morgan fingerprint density at radius 3 is 2.33 bits per heavy atom. The predicted molar refractivity (Wildman–Crippen MR) is 65.0 cm³/mol. The second-order valence-electron chi connectivity index (χ2n) is 3.25. The standard InChI is InChI=1S/C13H9BrO/c14-13-6-4-11(5-7-13)12-3-1-2-10(8-12)9-15/h1-9H. The van der Waals surface area contributed by atoms with Crippen molar-refractivity contribution < 1.29 is 4.79 Å². The molecule has 15 heavy (non-hydrogen) atoms. The SMILES string of the molecule is O=Cc1cccc(-c2ccc(Br)cc2)c1. The molecule has 0 aliphatic rings. The molecule has 0 aliphatic heterocycles. The van der Waals surface area contributed by atoms with E-state index in [1.165, 1.54) is 0 Å². The fourth-order valence-electron chi connectivity index (χ4n) is 1.43. The van der Waals surface area contributed by atoms with Gasteiger partial charge in [-0.05, 0) is 29.3 Å². The van der Waals surface area contributed by atoms with Gasteiger partial charge in [-0.25, -0.2) is 0 Å². The van der Waals surface area contributed by atoms with Gasteiger partial charge in [-0.3, -0.25) is 4.79 Å². The minimum Gasteiger partial charge on any atom is -0.298 e. The van der Waals surface area contributed by atoms with Gasteiger partial charge in [-0.1, -0.05) is 46.3 Å². The zero-order valence-corrected chi connectivity index (χ0v) is 9.57. The first kappa shape index (κ1) is 10.1. The van der Waals surface area contributed by atoms with Gasteiger partial charge in [0.1, 0.15) is 6.29 Å². The van der Waals surface area contributed by atoms with Crippen LogP contribution in [0.1, 0.15) is 10.4 Å². The molecule has 0 amide bonds. The summed E-state index contributed by atoms with van der Waals surface area (Å²) in [5.41, 5.74) is 2.88. The molecule has 0 atom stereocenters. The van der Waals surface area contributed by atoms with Crippen molar-refractivity contribution in [2.75, 3.05) is 0 Å². The molecule has 0 saturated carbocycles. The lowest BCUT2D eigenvalue weighted by Crippen LogP contribution is -1.82. The Balaban J connectivity index is 2.44. The fourth-order valence-corrected chi connectivity index (χ4v) is 1.70. The molecule has 0 bridgehead atoms. The molecule has 0 N–H and O–H groups in total. The van der Waals surface area contributed by atoms with Crippen LogP contribution in [0.15, 0.2) is 53.0 Å². The topological polar surface area (TPSA) is 17.1 Å². The van der Waals surface area contributed by atoms with Gasteiger partial charge >= 0.3 is 0 Å². The van der Waals surface area contributed by atoms with Crippen LogP contribution in [0, 0.1) is 0 Å². The van der Waals surface area contributed by atoms with E-state index >= 15 is 0 Å². The predicted octanol–water partition coefficient (Wildman–Crippen LogP) is 3.93. The molecule has 2 rings (SSSR count). The fraction of sp³-hybridized carbons (Fsp3) is 0. The summed E-state index contributed by atoms with van der Waals surface area (Å²) in [5, 5.41) is 0. The van der Waals surface area contributed by atoms with Gasteiger partial charge in [0, 0.05) is 10.0 Å². The van der Waals surface area contributed by atoms with E-state index < -0.39 is 0 Å². The number of halogens is 1. The first-order valence-corrected chi connectivity index (χ1v) is 5.40. The monoisotopic (exact) mass is 260 g/mol. The Kier molecular flexibility index (Phi) is 2.97. The normalized spacial score (nSPS) is 9.93. The van der Waals surface area contributed by atoms with E-state index in [1.807, 2.05) is 42.5 Å². The highest BCUT2D eigenvalue weighted by Gasteiger charge is 1.98. The van der Waals surface area contributed by atoms with E-state index in [0.29, 0.717) is 5.56 Å². The second kappa shape index (κ2) is 4.41. The lowest BCUT2D eigenvalue weighted by atomic mass is 10.0. The van der Waals surface area contributed by atoms with Crippen LogP contribution in [0.2, 0.25) is 0 Å². The van der Waals surface area contributed by atoms with Crippen LogP contribution in [0.5, 0.6) is 0 Å². The van der Waals surface area contributed by atoms with E-state index in [1.54, 1.807) is 6.07 Å². The van der Waals surface area contributed by atoms with Gasteiger partial charge in [0.25, 0.3) is 0 Å². The van der Waals surface area contributed by atoms with Crippen molar-refractivity contribution in [1.82, 2.24) is 0 Å². The minimum absolute atomic E-state index is 0.704. The van der Waals surface area contributed by atoms with Crippen molar-refractivity contribution in [3.63, 3.8) is 0 Å². The van der Waals surface area contributed by atoms with Crippen molar-refractivity contribution in [2.45, 2.75) is 0 Å². The summed E-state index contributed by atoms with van der Waals surface area (Å²) in [6, 6.07) is 15.6. The number of hydrogen-bond acceptors (Lipinski definition) is 1. The Morgan fingerprint density at radius 1 is 0.933 bits per heavy atom. The highest BCUT2D eigenvalue weighted by Crippen LogP contribution is 2.22. The maximum atomic E-state index is 10.6. The second-order valence-corrected chi connectivity index (χ2v) is 4.17. The third-order valence-corrected chi connectivity index (χ3v) is 2.73. The summed E-state index contributed by atoms with van der Waals surface area (Å²) in [7, 11) is 0. The summed E-state index contributed by atoms with van der Waals surface area (Å²) < 4.78 is 1.05. The number of carbonyl (C=O) groups is 1. The van der Waals surface area contributed by atoms with Crippen molar-refractivity contribution >= 4 is 22.2 Å². The van der Waals surface area contributed by atoms with E-state index in [-0.39, 0.29) is 0 Å². The molecule has 0 saturated heterocycles. The number of rotatable bonds is 2. The molecule has 0 unspecified atom stereocenters. The molecule has 0 heterocycles. The van der Waals surface area contributed by atoms with Crippen LogP contribution in [-0.2, 0) is 0 Å². The van der Waals surface area contributed by atoms with Crippen LogP contribution in [0.4, 0.5) is 0 Å². The summed E-state index contributed by atoms with van der Waals surface area (Å²) in [6.07, 6.45) is 0.863. The minimum atomic E-state index is 0.704. The average Bonchev–Trinajstić information content (AvgIpc) is 2.30. The van der Waals surface area contributed by atoms with Crippen LogP contribution in [-0.4, -0.2) is 6.29 Å². The van der Waals surface area contributed by atoms with Crippen LogP contribution >= 0.6 is 15.9 Å². The summed E-state index contributed by atoms with van der Waals surface area (Å²) >= 11 is 3.39. The van der Waals surface area contributed by atoms with Crippen LogP contribution < -0.4 is 0 Å². The molecule has 2 heteroatoms. The lowest BCUT2D eigenvalue weighted by molar-refractivity contribution is 0.112. The number of carbonyl (C=O) groups excluding carboxylic acids is 1. The number of aldehydes is 1. The average molecular weight is 261 g/mol. The summed E-state index contributed by atoms with van der Waals surface area (Å²) in [6.45, 7) is 0. The largest absolute Gasteiger partial charge is 0.298 e. The highest BCUT2D eigenvalue weighted by atomic mass is 79.9. The summed E-state index contributed by atoms with van der Waals surface area (Å²) in [4.78, 5) is 10.6. The molecule has 0 aliphatic carbocycles. The van der Waals surface area contributed by atoms with E-state index in [4.69, 9.17) is 0 Å². The highest BCUT2D eigenvalue weighted by molar-refractivity contribution is 9.10.